The molecular weight excluding hydrogens is 466 g/mol. The van der Waals surface area contributed by atoms with Gasteiger partial charge in [-0.05, 0) is 79.4 Å². The number of halogens is 1. The highest BCUT2D eigenvalue weighted by atomic mass is 35.5. The van der Waals surface area contributed by atoms with Crippen LogP contribution in [-0.2, 0) is 5.75 Å². The maximum absolute atomic E-state index is 12.3. The van der Waals surface area contributed by atoms with Gasteiger partial charge in [0.25, 0.3) is 0 Å². The summed E-state index contributed by atoms with van der Waals surface area (Å²) in [6.07, 6.45) is 0. The van der Waals surface area contributed by atoms with E-state index in [-0.39, 0.29) is 5.63 Å². The molecule has 3 aromatic carbocycles. The van der Waals surface area contributed by atoms with E-state index in [9.17, 15) is 4.79 Å². The maximum Gasteiger partial charge on any atom is 0.336 e. The number of nitrogens with zero attached hydrogens (tertiary/aromatic N) is 3. The highest BCUT2D eigenvalue weighted by Gasteiger charge is 2.18. The van der Waals surface area contributed by atoms with Gasteiger partial charge in [-0.3, -0.25) is 4.57 Å². The van der Waals surface area contributed by atoms with E-state index in [0.717, 1.165) is 49.9 Å². The second kappa shape index (κ2) is 9.12. The van der Waals surface area contributed by atoms with Crippen molar-refractivity contribution in [3.05, 3.63) is 104 Å². The molecular formula is C27H22ClN3O2S. The number of rotatable bonds is 5. The molecule has 5 rings (SSSR count). The first kappa shape index (κ1) is 22.4. The molecule has 2 heterocycles. The van der Waals surface area contributed by atoms with Gasteiger partial charge in [0.1, 0.15) is 5.58 Å². The van der Waals surface area contributed by atoms with Gasteiger partial charge in [0.05, 0.1) is 0 Å². The fourth-order valence-electron chi connectivity index (χ4n) is 3.94. The lowest BCUT2D eigenvalue weighted by atomic mass is 10.0. The number of thioether (sulfide) groups is 1. The van der Waals surface area contributed by atoms with Gasteiger partial charge in [-0.1, -0.05) is 47.6 Å². The molecule has 34 heavy (non-hydrogen) atoms. The third-order valence-corrected chi connectivity index (χ3v) is 7.10. The highest BCUT2D eigenvalue weighted by Crippen LogP contribution is 2.32. The SMILES string of the molecule is Cc1cccc(-n2c(SCc3cc(=O)oc4c(C)c(C)ccc34)nnc2-c2ccc(Cl)cc2)c1. The average Bonchev–Trinajstić information content (AvgIpc) is 3.24. The molecule has 0 aliphatic rings. The molecule has 5 nitrogen and oxygen atoms in total. The normalized spacial score (nSPS) is 11.3. The summed E-state index contributed by atoms with van der Waals surface area (Å²) in [4.78, 5) is 12.3. The third kappa shape index (κ3) is 4.27. The number of hydrogen-bond donors (Lipinski definition) is 0. The lowest BCUT2D eigenvalue weighted by molar-refractivity contribution is 0.557. The molecule has 0 amide bonds. The summed E-state index contributed by atoms with van der Waals surface area (Å²) in [6, 6.07) is 21.4. The first-order valence-electron chi connectivity index (χ1n) is 10.8. The quantitative estimate of drug-likeness (QED) is 0.199. The number of hydrogen-bond acceptors (Lipinski definition) is 5. The van der Waals surface area contributed by atoms with Crippen molar-refractivity contribution in [1.29, 1.82) is 0 Å². The largest absolute Gasteiger partial charge is 0.422 e. The molecule has 0 saturated heterocycles. The average molecular weight is 488 g/mol. The van der Waals surface area contributed by atoms with Crippen molar-refractivity contribution in [2.75, 3.05) is 0 Å². The lowest BCUT2D eigenvalue weighted by Crippen LogP contribution is -2.03. The van der Waals surface area contributed by atoms with Crippen molar-refractivity contribution in [3.8, 4) is 17.1 Å². The summed E-state index contributed by atoms with van der Waals surface area (Å²) >= 11 is 7.64. The van der Waals surface area contributed by atoms with Crippen LogP contribution in [-0.4, -0.2) is 14.8 Å². The Morgan fingerprint density at radius 3 is 2.53 bits per heavy atom. The molecule has 0 saturated carbocycles. The topological polar surface area (TPSA) is 60.9 Å². The van der Waals surface area contributed by atoms with Crippen LogP contribution in [0.4, 0.5) is 0 Å². The van der Waals surface area contributed by atoms with Crippen LogP contribution in [0.3, 0.4) is 0 Å². The molecule has 2 aromatic heterocycles. The Morgan fingerprint density at radius 2 is 1.76 bits per heavy atom. The molecule has 0 atom stereocenters. The van der Waals surface area contributed by atoms with E-state index in [0.29, 0.717) is 16.4 Å². The van der Waals surface area contributed by atoms with Crippen LogP contribution in [0.25, 0.3) is 28.0 Å². The van der Waals surface area contributed by atoms with Crippen LogP contribution in [0.15, 0.2) is 81.1 Å². The standard InChI is InChI=1S/C27H22ClN3O2S/c1-16-5-4-6-22(13-16)31-26(19-8-10-21(28)11-9-19)29-30-27(31)34-15-20-14-24(32)33-25-18(3)17(2)7-12-23(20)25/h4-14H,15H2,1-3H3. The van der Waals surface area contributed by atoms with Crippen molar-refractivity contribution < 1.29 is 4.42 Å². The smallest absolute Gasteiger partial charge is 0.336 e. The van der Waals surface area contributed by atoms with E-state index in [4.69, 9.17) is 16.0 Å². The van der Waals surface area contributed by atoms with E-state index in [1.165, 1.54) is 11.8 Å². The zero-order chi connectivity index (χ0) is 23.8. The van der Waals surface area contributed by atoms with Crippen LogP contribution >= 0.6 is 23.4 Å². The van der Waals surface area contributed by atoms with Gasteiger partial charge in [-0.25, -0.2) is 4.79 Å². The Bertz CT molecular complexity index is 1570. The first-order valence-corrected chi connectivity index (χ1v) is 12.2. The lowest BCUT2D eigenvalue weighted by Gasteiger charge is -2.12. The molecule has 5 aromatic rings. The zero-order valence-electron chi connectivity index (χ0n) is 19.0. The van der Waals surface area contributed by atoms with E-state index in [2.05, 4.69) is 35.3 Å². The van der Waals surface area contributed by atoms with Crippen molar-refractivity contribution in [3.63, 3.8) is 0 Å². The van der Waals surface area contributed by atoms with Gasteiger partial charge in [0.15, 0.2) is 11.0 Å². The predicted molar refractivity (Wildman–Crippen MR) is 138 cm³/mol. The Morgan fingerprint density at radius 1 is 0.971 bits per heavy atom. The van der Waals surface area contributed by atoms with E-state index in [1.54, 1.807) is 6.07 Å². The van der Waals surface area contributed by atoms with Crippen molar-refractivity contribution in [1.82, 2.24) is 14.8 Å². The second-order valence-electron chi connectivity index (χ2n) is 8.25. The van der Waals surface area contributed by atoms with Crippen molar-refractivity contribution in [2.45, 2.75) is 31.7 Å². The van der Waals surface area contributed by atoms with E-state index < -0.39 is 0 Å². The van der Waals surface area contributed by atoms with Crippen LogP contribution in [0.2, 0.25) is 5.02 Å². The van der Waals surface area contributed by atoms with Gasteiger partial charge < -0.3 is 4.42 Å². The number of fused-ring (bicyclic) bond motifs is 1. The Labute approximate surface area is 206 Å². The number of aryl methyl sites for hydroxylation is 3. The van der Waals surface area contributed by atoms with Crippen LogP contribution in [0, 0.1) is 20.8 Å². The molecule has 7 heteroatoms. The fourth-order valence-corrected chi connectivity index (χ4v) is 5.00. The highest BCUT2D eigenvalue weighted by molar-refractivity contribution is 7.98. The van der Waals surface area contributed by atoms with E-state index in [1.807, 2.05) is 60.9 Å². The maximum atomic E-state index is 12.3. The van der Waals surface area contributed by atoms with Crippen molar-refractivity contribution >= 4 is 34.3 Å². The van der Waals surface area contributed by atoms with E-state index >= 15 is 0 Å². The van der Waals surface area contributed by atoms with Gasteiger partial charge in [-0.2, -0.15) is 0 Å². The fraction of sp³-hybridized carbons (Fsp3) is 0.148. The van der Waals surface area contributed by atoms with Crippen molar-refractivity contribution in [2.24, 2.45) is 0 Å². The van der Waals surface area contributed by atoms with Gasteiger partial charge in [0, 0.05) is 33.5 Å². The molecule has 0 fully saturated rings. The minimum Gasteiger partial charge on any atom is -0.422 e. The summed E-state index contributed by atoms with van der Waals surface area (Å²) in [6.45, 7) is 6.05. The monoisotopic (exact) mass is 487 g/mol. The number of benzene rings is 3. The Kier molecular flexibility index (Phi) is 6.02. The molecule has 0 N–H and O–H groups in total. The minimum absolute atomic E-state index is 0.348. The van der Waals surface area contributed by atoms with Gasteiger partial charge in [0.2, 0.25) is 0 Å². The molecule has 0 aliphatic carbocycles. The predicted octanol–water partition coefficient (Wildman–Crippen LogP) is 6.91. The summed E-state index contributed by atoms with van der Waals surface area (Å²) in [7, 11) is 0. The van der Waals surface area contributed by atoms with Crippen LogP contribution < -0.4 is 5.63 Å². The van der Waals surface area contributed by atoms with Gasteiger partial charge in [-0.15, -0.1) is 10.2 Å². The molecule has 0 bridgehead atoms. The molecule has 170 valence electrons. The summed E-state index contributed by atoms with van der Waals surface area (Å²) < 4.78 is 7.58. The second-order valence-corrected chi connectivity index (χ2v) is 9.63. The summed E-state index contributed by atoms with van der Waals surface area (Å²) in [5.41, 5.74) is 6.31. The summed E-state index contributed by atoms with van der Waals surface area (Å²) in [5, 5.41) is 11.4. The molecule has 0 radical (unpaired) electrons. The molecule has 0 spiro atoms. The molecule has 0 aliphatic heterocycles. The molecule has 0 unspecified atom stereocenters. The summed E-state index contributed by atoms with van der Waals surface area (Å²) in [5.74, 6) is 1.28. The third-order valence-electron chi connectivity index (χ3n) is 5.87. The first-order chi connectivity index (χ1) is 16.4. The van der Waals surface area contributed by atoms with Crippen LogP contribution in [0.5, 0.6) is 0 Å². The Hall–Kier alpha value is -3.35. The zero-order valence-corrected chi connectivity index (χ0v) is 20.6. The number of aromatic nitrogens is 3. The van der Waals surface area contributed by atoms with Crippen LogP contribution in [0.1, 0.15) is 22.3 Å². The minimum atomic E-state index is -0.348. The Balaban J connectivity index is 1.58. The van der Waals surface area contributed by atoms with Gasteiger partial charge >= 0.3 is 5.63 Å².